The van der Waals surface area contributed by atoms with Gasteiger partial charge in [-0.2, -0.15) is 0 Å². The van der Waals surface area contributed by atoms with Gasteiger partial charge in [0.2, 0.25) is 11.3 Å². The van der Waals surface area contributed by atoms with Crippen molar-refractivity contribution in [2.75, 3.05) is 37.6 Å². The molecule has 1 N–H and O–H groups in total. The Morgan fingerprint density at radius 1 is 1.09 bits per heavy atom. The van der Waals surface area contributed by atoms with Crippen molar-refractivity contribution in [3.63, 3.8) is 0 Å². The zero-order valence-electron chi connectivity index (χ0n) is 23.0. The predicted octanol–water partition coefficient (Wildman–Crippen LogP) is 3.47. The van der Waals surface area contributed by atoms with Gasteiger partial charge in [-0.05, 0) is 48.4 Å². The van der Waals surface area contributed by atoms with E-state index in [1.54, 1.807) is 21.6 Å². The number of anilines is 1. The first kappa shape index (κ1) is 29.0. The van der Waals surface area contributed by atoms with Gasteiger partial charge in [0.05, 0.1) is 21.0 Å². The van der Waals surface area contributed by atoms with Crippen LogP contribution < -0.4 is 10.3 Å². The number of hydrogen-bond acceptors (Lipinski definition) is 9. The Morgan fingerprint density at radius 3 is 2.48 bits per heavy atom. The SMILES string of the molecule is O=C(O)c1cn(C2CC2)c2cc(N3CCN(C(=O)CN4C(=O)S/C(=C/c5cccc([N+](=O)[O-])c5)C4=O)CC3)c(F)cc2c1=O. The van der Waals surface area contributed by atoms with E-state index in [-0.39, 0.29) is 53.9 Å². The van der Waals surface area contributed by atoms with E-state index in [9.17, 15) is 39.2 Å². The number of imide groups is 1. The third kappa shape index (κ3) is 5.41. The van der Waals surface area contributed by atoms with E-state index in [0.717, 1.165) is 23.8 Å². The predicted molar refractivity (Wildman–Crippen MR) is 158 cm³/mol. The summed E-state index contributed by atoms with van der Waals surface area (Å²) in [5.41, 5.74) is -0.306. The molecule has 3 aliphatic rings. The maximum absolute atomic E-state index is 15.3. The monoisotopic (exact) mass is 621 g/mol. The average Bonchev–Trinajstić information content (AvgIpc) is 3.81. The molecule has 0 atom stereocenters. The second-order valence-corrected chi connectivity index (χ2v) is 11.6. The minimum Gasteiger partial charge on any atom is -0.477 e. The molecular formula is C29H24FN5O8S. The molecule has 44 heavy (non-hydrogen) atoms. The Hall–Kier alpha value is -5.05. The lowest BCUT2D eigenvalue weighted by Crippen LogP contribution is -2.52. The summed E-state index contributed by atoms with van der Waals surface area (Å²) in [6, 6.07) is 8.23. The van der Waals surface area contributed by atoms with Gasteiger partial charge in [-0.1, -0.05) is 12.1 Å². The number of fused-ring (bicyclic) bond motifs is 1. The number of carbonyl (C=O) groups excluding carboxylic acids is 3. The van der Waals surface area contributed by atoms with Gasteiger partial charge in [-0.3, -0.25) is 34.2 Å². The van der Waals surface area contributed by atoms with Crippen molar-refractivity contribution < 1.29 is 33.6 Å². The lowest BCUT2D eigenvalue weighted by atomic mass is 10.1. The van der Waals surface area contributed by atoms with E-state index >= 15 is 4.39 Å². The van der Waals surface area contributed by atoms with Crippen LogP contribution in [0, 0.1) is 15.9 Å². The lowest BCUT2D eigenvalue weighted by Gasteiger charge is -2.36. The van der Waals surface area contributed by atoms with Crippen molar-refractivity contribution in [2.45, 2.75) is 18.9 Å². The Balaban J connectivity index is 1.14. The molecule has 2 saturated heterocycles. The van der Waals surface area contributed by atoms with E-state index in [0.29, 0.717) is 22.8 Å². The number of piperazine rings is 1. The van der Waals surface area contributed by atoms with Gasteiger partial charge >= 0.3 is 5.97 Å². The summed E-state index contributed by atoms with van der Waals surface area (Å²) >= 11 is 0.642. The minimum absolute atomic E-state index is 0.0106. The van der Waals surface area contributed by atoms with Crippen LogP contribution in [0.2, 0.25) is 0 Å². The highest BCUT2D eigenvalue weighted by Gasteiger charge is 2.38. The highest BCUT2D eigenvalue weighted by Crippen LogP contribution is 2.38. The molecule has 3 fully saturated rings. The van der Waals surface area contributed by atoms with Gasteiger partial charge in [0, 0.05) is 55.9 Å². The van der Waals surface area contributed by atoms with Gasteiger partial charge < -0.3 is 19.5 Å². The number of nitro groups is 1. The molecule has 3 aromatic rings. The first-order valence-electron chi connectivity index (χ1n) is 13.7. The van der Waals surface area contributed by atoms with Gasteiger partial charge in [-0.15, -0.1) is 0 Å². The summed E-state index contributed by atoms with van der Waals surface area (Å²) in [7, 11) is 0. The van der Waals surface area contributed by atoms with Gasteiger partial charge in [0.1, 0.15) is 17.9 Å². The summed E-state index contributed by atoms with van der Waals surface area (Å²) in [5.74, 6) is -3.20. The first-order chi connectivity index (χ1) is 21.0. The maximum atomic E-state index is 15.3. The van der Waals surface area contributed by atoms with Crippen LogP contribution in [-0.4, -0.2) is 80.1 Å². The van der Waals surface area contributed by atoms with E-state index in [1.807, 2.05) is 0 Å². The highest BCUT2D eigenvalue weighted by molar-refractivity contribution is 8.18. The molecule has 6 rings (SSSR count). The molecule has 226 valence electrons. The van der Waals surface area contributed by atoms with Crippen LogP contribution in [-0.2, 0) is 9.59 Å². The average molecular weight is 622 g/mol. The molecule has 1 aromatic heterocycles. The molecule has 1 aliphatic carbocycles. The Morgan fingerprint density at radius 2 is 1.82 bits per heavy atom. The number of pyridine rings is 1. The number of carboxylic acids is 1. The number of hydrogen-bond donors (Lipinski definition) is 1. The quantitative estimate of drug-likeness (QED) is 0.235. The molecule has 2 aliphatic heterocycles. The number of carbonyl (C=O) groups is 4. The van der Waals surface area contributed by atoms with Gasteiger partial charge in [-0.25, -0.2) is 9.18 Å². The number of halogens is 1. The van der Waals surface area contributed by atoms with E-state index in [1.165, 1.54) is 35.4 Å². The normalized spacial score (nSPS) is 18.0. The first-order valence-corrected chi connectivity index (χ1v) is 14.5. The Kier molecular flexibility index (Phi) is 7.41. The zero-order chi connectivity index (χ0) is 31.3. The fourth-order valence-corrected chi connectivity index (χ4v) is 6.19. The van der Waals surface area contributed by atoms with Crippen LogP contribution in [0.1, 0.15) is 34.8 Å². The van der Waals surface area contributed by atoms with E-state index < -0.39 is 51.3 Å². The number of aromatic nitrogens is 1. The molecule has 1 saturated carbocycles. The summed E-state index contributed by atoms with van der Waals surface area (Å²) in [4.78, 5) is 77.4. The topological polar surface area (TPSA) is 163 Å². The van der Waals surface area contributed by atoms with Crippen LogP contribution in [0.4, 0.5) is 20.6 Å². The number of thioether (sulfide) groups is 1. The summed E-state index contributed by atoms with van der Waals surface area (Å²) in [5, 5.41) is 19.8. The van der Waals surface area contributed by atoms with Crippen molar-refractivity contribution >= 4 is 63.1 Å². The second kappa shape index (κ2) is 11.2. The molecule has 13 nitrogen and oxygen atoms in total. The molecule has 15 heteroatoms. The highest BCUT2D eigenvalue weighted by atomic mass is 32.2. The van der Waals surface area contributed by atoms with Crippen molar-refractivity contribution in [1.29, 1.82) is 0 Å². The maximum Gasteiger partial charge on any atom is 0.341 e. The van der Waals surface area contributed by atoms with Crippen LogP contribution in [0.3, 0.4) is 0 Å². The zero-order valence-corrected chi connectivity index (χ0v) is 23.8. The number of non-ortho nitro benzene ring substituents is 1. The lowest BCUT2D eigenvalue weighted by molar-refractivity contribution is -0.384. The minimum atomic E-state index is -1.37. The van der Waals surface area contributed by atoms with Crippen LogP contribution in [0.15, 0.2) is 52.3 Å². The van der Waals surface area contributed by atoms with E-state index in [4.69, 9.17) is 0 Å². The van der Waals surface area contributed by atoms with E-state index in [2.05, 4.69) is 0 Å². The number of rotatable bonds is 7. The van der Waals surface area contributed by atoms with Crippen molar-refractivity contribution in [3.05, 3.63) is 84.8 Å². The number of nitrogens with zero attached hydrogens (tertiary/aromatic N) is 5. The fraction of sp³-hybridized carbons (Fsp3) is 0.276. The van der Waals surface area contributed by atoms with Crippen LogP contribution in [0.5, 0.6) is 0 Å². The van der Waals surface area contributed by atoms with Crippen molar-refractivity contribution in [1.82, 2.24) is 14.4 Å². The fourth-order valence-electron chi connectivity index (χ4n) is 5.36. The third-order valence-corrected chi connectivity index (χ3v) is 8.70. The number of aromatic carboxylic acids is 1. The summed E-state index contributed by atoms with van der Waals surface area (Å²) in [6.07, 6.45) is 4.31. The molecule has 0 radical (unpaired) electrons. The Labute approximate surface area is 252 Å². The second-order valence-electron chi connectivity index (χ2n) is 10.6. The molecular weight excluding hydrogens is 597 g/mol. The molecule has 2 aromatic carbocycles. The molecule has 3 amide bonds. The number of nitro benzene ring substituents is 1. The molecule has 0 unspecified atom stereocenters. The Bertz CT molecular complexity index is 1860. The third-order valence-electron chi connectivity index (χ3n) is 7.79. The molecule has 0 bridgehead atoms. The standard InChI is InChI=1S/C29H24FN5O8S/c30-21-12-19-22(33(17-4-5-17)14-20(26(19)37)28(39)40)13-23(21)31-6-8-32(9-7-31)25(36)15-34-27(38)24(44-29(34)41)11-16-2-1-3-18(10-16)35(42)43/h1-3,10-14,17H,4-9,15H2,(H,39,40)/b24-11+. The van der Waals surface area contributed by atoms with Gasteiger partial charge in [0.15, 0.2) is 0 Å². The number of amides is 3. The number of carboxylic acid groups (broad SMARTS) is 1. The number of benzene rings is 2. The summed E-state index contributed by atoms with van der Waals surface area (Å²) in [6.45, 7) is 0.362. The van der Waals surface area contributed by atoms with Crippen LogP contribution >= 0.6 is 11.8 Å². The van der Waals surface area contributed by atoms with Crippen molar-refractivity contribution in [2.24, 2.45) is 0 Å². The van der Waals surface area contributed by atoms with Crippen molar-refractivity contribution in [3.8, 4) is 0 Å². The van der Waals surface area contributed by atoms with Gasteiger partial charge in [0.25, 0.3) is 16.8 Å². The molecule has 3 heterocycles. The van der Waals surface area contributed by atoms with Crippen LogP contribution in [0.25, 0.3) is 17.0 Å². The smallest absolute Gasteiger partial charge is 0.341 e. The summed E-state index contributed by atoms with van der Waals surface area (Å²) < 4.78 is 17.0. The largest absolute Gasteiger partial charge is 0.477 e. The molecule has 0 spiro atoms.